The van der Waals surface area contributed by atoms with Gasteiger partial charge in [-0.2, -0.15) is 0 Å². The van der Waals surface area contributed by atoms with Crippen molar-refractivity contribution < 1.29 is 8.78 Å². The van der Waals surface area contributed by atoms with Crippen molar-refractivity contribution in [3.05, 3.63) is 35.4 Å². The Morgan fingerprint density at radius 3 is 2.55 bits per heavy atom. The van der Waals surface area contributed by atoms with Gasteiger partial charge in [0.25, 0.3) is 0 Å². The van der Waals surface area contributed by atoms with Gasteiger partial charge < -0.3 is 0 Å². The van der Waals surface area contributed by atoms with Crippen molar-refractivity contribution in [2.75, 3.05) is 13.1 Å². The van der Waals surface area contributed by atoms with E-state index in [-0.39, 0.29) is 5.54 Å². The first-order chi connectivity index (χ1) is 9.52. The first kappa shape index (κ1) is 15.4. The minimum atomic E-state index is -0.443. The molecule has 112 valence electrons. The summed E-state index contributed by atoms with van der Waals surface area (Å²) >= 11 is 0. The Bertz CT molecular complexity index is 460. The van der Waals surface area contributed by atoms with Gasteiger partial charge in [0.2, 0.25) is 0 Å². The summed E-state index contributed by atoms with van der Waals surface area (Å²) in [5.74, 6) is 4.82. The number of halogens is 2. The molecule has 0 aromatic heterocycles. The number of nitrogens with two attached hydrogens (primary N) is 1. The van der Waals surface area contributed by atoms with Crippen LogP contribution in [0.4, 0.5) is 8.78 Å². The van der Waals surface area contributed by atoms with Crippen molar-refractivity contribution in [2.45, 2.75) is 44.7 Å². The highest BCUT2D eigenvalue weighted by molar-refractivity contribution is 5.26. The largest absolute Gasteiger partial charge is 0.296 e. The molecule has 1 aromatic rings. The number of nitrogens with one attached hydrogen (secondary N) is 1. The molecule has 2 rings (SSSR count). The third-order valence-electron chi connectivity index (χ3n) is 4.60. The lowest BCUT2D eigenvalue weighted by Gasteiger charge is -2.44. The number of hydrogen-bond donors (Lipinski definition) is 2. The molecule has 1 heterocycles. The molecule has 3 N–H and O–H groups in total. The van der Waals surface area contributed by atoms with Gasteiger partial charge >= 0.3 is 0 Å². The Balaban J connectivity index is 2.40. The number of rotatable bonds is 5. The highest BCUT2D eigenvalue weighted by atomic mass is 19.1. The fraction of sp³-hybridized carbons (Fsp3) is 0.600. The Kier molecular flexibility index (Phi) is 4.73. The predicted octanol–water partition coefficient (Wildman–Crippen LogP) is 2.73. The molecule has 1 aliphatic heterocycles. The molecule has 2 unspecified atom stereocenters. The number of benzene rings is 1. The molecule has 0 spiro atoms. The van der Waals surface area contributed by atoms with E-state index in [2.05, 4.69) is 24.2 Å². The van der Waals surface area contributed by atoms with E-state index in [1.807, 2.05) is 0 Å². The van der Waals surface area contributed by atoms with E-state index in [4.69, 9.17) is 5.84 Å². The molecule has 1 fully saturated rings. The lowest BCUT2D eigenvalue weighted by molar-refractivity contribution is 0.0823. The highest BCUT2D eigenvalue weighted by Gasteiger charge is 2.40. The Morgan fingerprint density at radius 1 is 1.35 bits per heavy atom. The van der Waals surface area contributed by atoms with E-state index in [0.717, 1.165) is 44.5 Å². The summed E-state index contributed by atoms with van der Waals surface area (Å²) in [7, 11) is 0. The topological polar surface area (TPSA) is 41.3 Å². The van der Waals surface area contributed by atoms with Gasteiger partial charge in [0, 0.05) is 11.1 Å². The van der Waals surface area contributed by atoms with Gasteiger partial charge in [-0.3, -0.25) is 16.2 Å². The molecular formula is C15H23F2N3. The zero-order valence-corrected chi connectivity index (χ0v) is 12.1. The molecule has 5 heteroatoms. The van der Waals surface area contributed by atoms with Crippen LogP contribution < -0.4 is 11.3 Å². The lowest BCUT2D eigenvalue weighted by atomic mass is 9.83. The van der Waals surface area contributed by atoms with Crippen LogP contribution in [0, 0.1) is 11.6 Å². The summed E-state index contributed by atoms with van der Waals surface area (Å²) < 4.78 is 27.5. The van der Waals surface area contributed by atoms with Crippen LogP contribution in [0.25, 0.3) is 0 Å². The predicted molar refractivity (Wildman–Crippen MR) is 75.9 cm³/mol. The van der Waals surface area contributed by atoms with Crippen LogP contribution in [0.2, 0.25) is 0 Å². The van der Waals surface area contributed by atoms with Crippen LogP contribution in [0.15, 0.2) is 18.2 Å². The second kappa shape index (κ2) is 6.16. The van der Waals surface area contributed by atoms with E-state index in [1.165, 1.54) is 6.07 Å². The summed E-state index contributed by atoms with van der Waals surface area (Å²) in [6, 6.07) is 3.09. The Hall–Kier alpha value is -1.04. The Labute approximate surface area is 119 Å². The van der Waals surface area contributed by atoms with Crippen LogP contribution in [0.1, 0.15) is 44.7 Å². The molecule has 1 aliphatic rings. The average Bonchev–Trinajstić information content (AvgIpc) is 2.97. The van der Waals surface area contributed by atoms with Crippen molar-refractivity contribution in [3.8, 4) is 0 Å². The number of hydrogen-bond acceptors (Lipinski definition) is 3. The summed E-state index contributed by atoms with van der Waals surface area (Å²) in [4.78, 5) is 2.32. The van der Waals surface area contributed by atoms with Crippen LogP contribution in [-0.4, -0.2) is 23.5 Å². The number of hydrazine groups is 1. The summed E-state index contributed by atoms with van der Waals surface area (Å²) in [5, 5.41) is 0. The quantitative estimate of drug-likeness (QED) is 0.645. The lowest BCUT2D eigenvalue weighted by Crippen LogP contribution is -2.55. The van der Waals surface area contributed by atoms with Gasteiger partial charge in [-0.25, -0.2) is 8.78 Å². The van der Waals surface area contributed by atoms with Crippen molar-refractivity contribution >= 4 is 0 Å². The maximum absolute atomic E-state index is 14.1. The standard InChI is InChI=1S/C15H23F2N3/c1-3-15(2,20-8-4-5-9-20)14(19-18)12-10-11(16)6-7-13(12)17/h6-7,10,14,19H,3-5,8-9,18H2,1-2H3. The van der Waals surface area contributed by atoms with Gasteiger partial charge in [-0.15, -0.1) is 0 Å². The minimum Gasteiger partial charge on any atom is -0.296 e. The van der Waals surface area contributed by atoms with Crippen LogP contribution in [-0.2, 0) is 0 Å². The summed E-state index contributed by atoms with van der Waals surface area (Å²) in [5.41, 5.74) is 2.67. The van der Waals surface area contributed by atoms with Gasteiger partial charge in [0.1, 0.15) is 11.6 Å². The SMILES string of the molecule is CCC(C)(C(NN)c1cc(F)ccc1F)N1CCCC1. The Morgan fingerprint density at radius 2 is 2.00 bits per heavy atom. The van der Waals surface area contributed by atoms with E-state index in [1.54, 1.807) is 0 Å². The van der Waals surface area contributed by atoms with Crippen molar-refractivity contribution in [3.63, 3.8) is 0 Å². The van der Waals surface area contributed by atoms with E-state index >= 15 is 0 Å². The fourth-order valence-corrected chi connectivity index (χ4v) is 3.18. The van der Waals surface area contributed by atoms with Crippen molar-refractivity contribution in [2.24, 2.45) is 5.84 Å². The van der Waals surface area contributed by atoms with Crippen LogP contribution in [0.5, 0.6) is 0 Å². The van der Waals surface area contributed by atoms with Crippen molar-refractivity contribution in [1.82, 2.24) is 10.3 Å². The fourth-order valence-electron chi connectivity index (χ4n) is 3.18. The van der Waals surface area contributed by atoms with Crippen molar-refractivity contribution in [1.29, 1.82) is 0 Å². The molecule has 0 radical (unpaired) electrons. The van der Waals surface area contributed by atoms with E-state index < -0.39 is 17.7 Å². The first-order valence-corrected chi connectivity index (χ1v) is 7.19. The molecule has 0 amide bonds. The maximum atomic E-state index is 14.1. The van der Waals surface area contributed by atoms with Crippen LogP contribution >= 0.6 is 0 Å². The van der Waals surface area contributed by atoms with Gasteiger partial charge in [0.15, 0.2) is 0 Å². The monoisotopic (exact) mass is 283 g/mol. The zero-order valence-electron chi connectivity index (χ0n) is 12.1. The molecule has 20 heavy (non-hydrogen) atoms. The third-order valence-corrected chi connectivity index (χ3v) is 4.60. The maximum Gasteiger partial charge on any atom is 0.128 e. The summed E-state index contributed by atoms with van der Waals surface area (Å²) in [6.07, 6.45) is 3.08. The second-order valence-electron chi connectivity index (χ2n) is 5.67. The normalized spacial score (nSPS) is 20.9. The summed E-state index contributed by atoms with van der Waals surface area (Å²) in [6.45, 7) is 6.06. The second-order valence-corrected chi connectivity index (χ2v) is 5.67. The number of likely N-dealkylation sites (tertiary alicyclic amines) is 1. The molecule has 0 saturated carbocycles. The van der Waals surface area contributed by atoms with Gasteiger partial charge in [0.05, 0.1) is 6.04 Å². The van der Waals surface area contributed by atoms with E-state index in [9.17, 15) is 8.78 Å². The molecule has 1 saturated heterocycles. The third kappa shape index (κ3) is 2.71. The zero-order chi connectivity index (χ0) is 14.8. The average molecular weight is 283 g/mol. The molecular weight excluding hydrogens is 260 g/mol. The van der Waals surface area contributed by atoms with Crippen LogP contribution in [0.3, 0.4) is 0 Å². The van der Waals surface area contributed by atoms with Gasteiger partial charge in [-0.1, -0.05) is 6.92 Å². The molecule has 0 bridgehead atoms. The van der Waals surface area contributed by atoms with E-state index in [0.29, 0.717) is 5.56 Å². The molecule has 0 aliphatic carbocycles. The smallest absolute Gasteiger partial charge is 0.128 e. The number of nitrogens with zero attached hydrogens (tertiary/aromatic N) is 1. The van der Waals surface area contributed by atoms with Gasteiger partial charge in [-0.05, 0) is 57.5 Å². The molecule has 3 nitrogen and oxygen atoms in total. The highest BCUT2D eigenvalue weighted by Crippen LogP contribution is 2.37. The molecule has 2 atom stereocenters. The molecule has 1 aromatic carbocycles. The minimum absolute atomic E-state index is 0.295. The first-order valence-electron chi connectivity index (χ1n) is 7.19.